The van der Waals surface area contributed by atoms with E-state index in [2.05, 4.69) is 26.2 Å². The van der Waals surface area contributed by atoms with Crippen molar-refractivity contribution < 1.29 is 13.6 Å². The largest absolute Gasteiger partial charge is 0.444 e. The van der Waals surface area contributed by atoms with E-state index >= 15 is 0 Å². The molecule has 6 heteroatoms. The standard InChI is InChI=1S/C12H10BrFN2O2/c1-7-5-15-11(18-7)6-16-12(17)8-2-3-10(14)9(13)4-8/h2-5H,6H2,1H3,(H,16,17). The number of hydrogen-bond acceptors (Lipinski definition) is 3. The summed E-state index contributed by atoms with van der Waals surface area (Å²) in [5.41, 5.74) is 0.367. The van der Waals surface area contributed by atoms with Gasteiger partial charge in [-0.1, -0.05) is 0 Å². The zero-order chi connectivity index (χ0) is 13.1. The first-order valence-corrected chi connectivity index (χ1v) is 6.00. The van der Waals surface area contributed by atoms with Gasteiger partial charge in [-0.3, -0.25) is 4.79 Å². The van der Waals surface area contributed by atoms with Crippen molar-refractivity contribution in [2.75, 3.05) is 0 Å². The van der Waals surface area contributed by atoms with Crippen LogP contribution in [0.25, 0.3) is 0 Å². The van der Waals surface area contributed by atoms with Crippen LogP contribution in [0, 0.1) is 12.7 Å². The highest BCUT2D eigenvalue weighted by Gasteiger charge is 2.09. The van der Waals surface area contributed by atoms with Crippen LogP contribution in [-0.4, -0.2) is 10.9 Å². The molecular formula is C12H10BrFN2O2. The van der Waals surface area contributed by atoms with E-state index in [1.54, 1.807) is 13.1 Å². The summed E-state index contributed by atoms with van der Waals surface area (Å²) < 4.78 is 18.5. The lowest BCUT2D eigenvalue weighted by molar-refractivity contribution is 0.0947. The van der Waals surface area contributed by atoms with Gasteiger partial charge in [-0.05, 0) is 41.1 Å². The fourth-order valence-electron chi connectivity index (χ4n) is 1.38. The molecule has 0 bridgehead atoms. The van der Waals surface area contributed by atoms with E-state index in [1.807, 2.05) is 0 Å². The Kier molecular flexibility index (Phi) is 3.76. The van der Waals surface area contributed by atoms with Crippen LogP contribution in [0.5, 0.6) is 0 Å². The first-order valence-electron chi connectivity index (χ1n) is 5.21. The van der Waals surface area contributed by atoms with Gasteiger partial charge in [0, 0.05) is 5.56 Å². The molecule has 94 valence electrons. The number of rotatable bonds is 3. The summed E-state index contributed by atoms with van der Waals surface area (Å²) in [6.45, 7) is 1.97. The van der Waals surface area contributed by atoms with Gasteiger partial charge in [0.1, 0.15) is 11.6 Å². The number of aromatic nitrogens is 1. The number of oxazole rings is 1. The maximum Gasteiger partial charge on any atom is 0.251 e. The van der Waals surface area contributed by atoms with Crippen molar-refractivity contribution in [3.8, 4) is 0 Å². The summed E-state index contributed by atoms with van der Waals surface area (Å²) in [6.07, 6.45) is 1.58. The van der Waals surface area contributed by atoms with Gasteiger partial charge >= 0.3 is 0 Å². The van der Waals surface area contributed by atoms with Crippen molar-refractivity contribution in [2.45, 2.75) is 13.5 Å². The van der Waals surface area contributed by atoms with Crippen LogP contribution in [0.4, 0.5) is 4.39 Å². The predicted molar refractivity (Wildman–Crippen MR) is 66.5 cm³/mol. The van der Waals surface area contributed by atoms with Gasteiger partial charge in [0.2, 0.25) is 5.89 Å². The molecule has 2 rings (SSSR count). The Bertz CT molecular complexity index is 583. The first-order chi connectivity index (χ1) is 8.56. The van der Waals surface area contributed by atoms with Crippen molar-refractivity contribution in [3.63, 3.8) is 0 Å². The fraction of sp³-hybridized carbons (Fsp3) is 0.167. The highest BCUT2D eigenvalue weighted by atomic mass is 79.9. The van der Waals surface area contributed by atoms with E-state index < -0.39 is 5.82 Å². The zero-order valence-corrected chi connectivity index (χ0v) is 11.1. The van der Waals surface area contributed by atoms with Gasteiger partial charge < -0.3 is 9.73 Å². The van der Waals surface area contributed by atoms with Crippen molar-refractivity contribution in [1.82, 2.24) is 10.3 Å². The number of nitrogens with zero attached hydrogens (tertiary/aromatic N) is 1. The minimum absolute atomic E-state index is 0.196. The van der Waals surface area contributed by atoms with Crippen LogP contribution < -0.4 is 5.32 Å². The lowest BCUT2D eigenvalue weighted by Crippen LogP contribution is -2.22. The molecule has 0 saturated heterocycles. The minimum atomic E-state index is -0.408. The molecule has 0 aliphatic rings. The van der Waals surface area contributed by atoms with Crippen LogP contribution >= 0.6 is 15.9 Å². The van der Waals surface area contributed by atoms with Crippen molar-refractivity contribution in [3.05, 3.63) is 51.9 Å². The van der Waals surface area contributed by atoms with E-state index in [-0.39, 0.29) is 16.9 Å². The Morgan fingerprint density at radius 1 is 1.56 bits per heavy atom. The molecule has 0 radical (unpaired) electrons. The minimum Gasteiger partial charge on any atom is -0.444 e. The van der Waals surface area contributed by atoms with Gasteiger partial charge in [-0.25, -0.2) is 9.37 Å². The third-order valence-corrected chi connectivity index (χ3v) is 2.86. The summed E-state index contributed by atoms with van der Waals surface area (Å²) in [4.78, 5) is 15.7. The molecule has 0 aliphatic heterocycles. The summed E-state index contributed by atoms with van der Waals surface area (Å²) in [6, 6.07) is 4.07. The molecule has 2 aromatic rings. The fourth-order valence-corrected chi connectivity index (χ4v) is 1.76. The quantitative estimate of drug-likeness (QED) is 0.948. The normalized spacial score (nSPS) is 10.4. The molecule has 0 spiro atoms. The number of halogens is 2. The first kappa shape index (κ1) is 12.8. The number of aryl methyl sites for hydroxylation is 1. The molecule has 4 nitrogen and oxygen atoms in total. The summed E-state index contributed by atoms with van der Waals surface area (Å²) >= 11 is 3.03. The maximum atomic E-state index is 13.0. The summed E-state index contributed by atoms with van der Waals surface area (Å²) in [7, 11) is 0. The van der Waals surface area contributed by atoms with E-state index in [0.29, 0.717) is 17.2 Å². The Morgan fingerprint density at radius 2 is 2.33 bits per heavy atom. The van der Waals surface area contributed by atoms with Gasteiger partial charge in [0.25, 0.3) is 5.91 Å². The molecule has 0 saturated carbocycles. The van der Waals surface area contributed by atoms with Crippen LogP contribution in [0.1, 0.15) is 22.0 Å². The molecule has 18 heavy (non-hydrogen) atoms. The lowest BCUT2D eigenvalue weighted by atomic mass is 10.2. The third-order valence-electron chi connectivity index (χ3n) is 2.25. The Labute approximate surface area is 111 Å². The van der Waals surface area contributed by atoms with Gasteiger partial charge in [0.05, 0.1) is 17.2 Å². The average Bonchev–Trinajstić information content (AvgIpc) is 2.75. The van der Waals surface area contributed by atoms with Gasteiger partial charge in [-0.15, -0.1) is 0 Å². The Morgan fingerprint density at radius 3 is 2.94 bits per heavy atom. The van der Waals surface area contributed by atoms with Crippen LogP contribution in [0.2, 0.25) is 0 Å². The molecule has 0 aliphatic carbocycles. The molecule has 0 atom stereocenters. The Balaban J connectivity index is 2.01. The Hall–Kier alpha value is -1.69. The topological polar surface area (TPSA) is 55.1 Å². The number of carbonyl (C=O) groups excluding carboxylic acids is 1. The maximum absolute atomic E-state index is 13.0. The second kappa shape index (κ2) is 5.30. The smallest absolute Gasteiger partial charge is 0.251 e. The molecule has 1 aromatic carbocycles. The number of nitrogens with one attached hydrogen (secondary N) is 1. The van der Waals surface area contributed by atoms with E-state index in [0.717, 1.165) is 0 Å². The molecule has 1 aromatic heterocycles. The second-order valence-electron chi connectivity index (χ2n) is 3.68. The predicted octanol–water partition coefficient (Wildman–Crippen LogP) is 2.81. The van der Waals surface area contributed by atoms with Crippen molar-refractivity contribution in [2.24, 2.45) is 0 Å². The molecule has 0 unspecified atom stereocenters. The van der Waals surface area contributed by atoms with Crippen molar-refractivity contribution >= 4 is 21.8 Å². The number of hydrogen-bond donors (Lipinski definition) is 1. The monoisotopic (exact) mass is 312 g/mol. The van der Waals surface area contributed by atoms with Crippen LogP contribution in [-0.2, 0) is 6.54 Å². The lowest BCUT2D eigenvalue weighted by Gasteiger charge is -2.03. The van der Waals surface area contributed by atoms with E-state index in [1.165, 1.54) is 18.2 Å². The van der Waals surface area contributed by atoms with Crippen LogP contribution in [0.15, 0.2) is 33.3 Å². The van der Waals surface area contributed by atoms with E-state index in [4.69, 9.17) is 4.42 Å². The molecular weight excluding hydrogens is 303 g/mol. The van der Waals surface area contributed by atoms with Gasteiger partial charge in [0.15, 0.2) is 0 Å². The SMILES string of the molecule is Cc1cnc(CNC(=O)c2ccc(F)c(Br)c2)o1. The average molecular weight is 313 g/mol. The second-order valence-corrected chi connectivity index (χ2v) is 4.53. The van der Waals surface area contributed by atoms with E-state index in [9.17, 15) is 9.18 Å². The molecule has 1 amide bonds. The highest BCUT2D eigenvalue weighted by molar-refractivity contribution is 9.10. The van der Waals surface area contributed by atoms with Gasteiger partial charge in [-0.2, -0.15) is 0 Å². The number of benzene rings is 1. The van der Waals surface area contributed by atoms with Crippen molar-refractivity contribution in [1.29, 1.82) is 0 Å². The highest BCUT2D eigenvalue weighted by Crippen LogP contribution is 2.16. The van der Waals surface area contributed by atoms with Crippen LogP contribution in [0.3, 0.4) is 0 Å². The third kappa shape index (κ3) is 2.95. The number of amides is 1. The summed E-state index contributed by atoms with van der Waals surface area (Å²) in [5.74, 6) is 0.396. The molecule has 1 N–H and O–H groups in total. The zero-order valence-electron chi connectivity index (χ0n) is 9.54. The molecule has 0 fully saturated rings. The number of carbonyl (C=O) groups is 1. The molecule has 1 heterocycles. The summed E-state index contributed by atoms with van der Waals surface area (Å²) in [5, 5.41) is 2.64.